The highest BCUT2D eigenvalue weighted by atomic mass is 28.4. The summed E-state index contributed by atoms with van der Waals surface area (Å²) in [6.07, 6.45) is -2.09. The van der Waals surface area contributed by atoms with E-state index in [2.05, 4.69) is 52.0 Å². The molecule has 0 aromatic carbocycles. The van der Waals surface area contributed by atoms with Gasteiger partial charge in [0.05, 0.1) is 25.4 Å². The highest BCUT2D eigenvalue weighted by Crippen LogP contribution is 2.36. The van der Waals surface area contributed by atoms with Crippen molar-refractivity contribution in [3.63, 3.8) is 0 Å². The molecule has 1 rings (SSSR count). The van der Waals surface area contributed by atoms with Crippen LogP contribution in [0.5, 0.6) is 0 Å². The van der Waals surface area contributed by atoms with Crippen LogP contribution in [0, 0.1) is 0 Å². The van der Waals surface area contributed by atoms with Crippen molar-refractivity contribution < 1.29 is 33.3 Å². The predicted molar refractivity (Wildman–Crippen MR) is 131 cm³/mol. The highest BCUT2D eigenvalue weighted by molar-refractivity contribution is 6.74. The van der Waals surface area contributed by atoms with Crippen molar-refractivity contribution in [3.05, 3.63) is 0 Å². The molecule has 0 aromatic heterocycles. The van der Waals surface area contributed by atoms with Crippen LogP contribution in [0.3, 0.4) is 0 Å². The van der Waals surface area contributed by atoms with E-state index < -0.39 is 47.1 Å². The Morgan fingerprint density at radius 2 is 1.44 bits per heavy atom. The zero-order valence-corrected chi connectivity index (χ0v) is 23.1. The average Bonchev–Trinajstić information content (AvgIpc) is 2.83. The maximum Gasteiger partial charge on any atom is 0.217 e. The molecule has 32 heavy (non-hydrogen) atoms. The van der Waals surface area contributed by atoms with Gasteiger partial charge in [-0.2, -0.15) is 0 Å². The molecule has 0 unspecified atom stereocenters. The molecule has 1 amide bonds. The molecule has 10 heteroatoms. The van der Waals surface area contributed by atoms with E-state index in [0.717, 1.165) is 36.3 Å². The van der Waals surface area contributed by atoms with Crippen LogP contribution in [0.15, 0.2) is 0 Å². The summed E-state index contributed by atoms with van der Waals surface area (Å²) in [4.78, 5) is 12.2. The molecule has 1 heterocycles. The Morgan fingerprint density at radius 1 is 0.938 bits per heavy atom. The number of nitrogens with one attached hydrogen (secondary N) is 1. The van der Waals surface area contributed by atoms with Crippen molar-refractivity contribution in [2.75, 3.05) is 20.0 Å². The Labute approximate surface area is 198 Å². The lowest BCUT2D eigenvalue weighted by atomic mass is 9.93. The lowest BCUT2D eigenvalue weighted by Gasteiger charge is -2.51. The van der Waals surface area contributed by atoms with Gasteiger partial charge in [0.2, 0.25) is 7.34 Å². The molecule has 1 aliphatic rings. The molecule has 0 radical (unpaired) electrons. The van der Waals surface area contributed by atoms with Gasteiger partial charge in [0, 0.05) is 6.92 Å². The molecule has 0 aromatic rings. The van der Waals surface area contributed by atoms with Crippen LogP contribution in [-0.4, -0.2) is 84.7 Å². The Bertz CT molecular complexity index is 550. The molecule has 0 aliphatic carbocycles. The van der Waals surface area contributed by atoms with Crippen LogP contribution in [0.1, 0.15) is 48.5 Å². The Hall–Kier alpha value is -0.336. The van der Waals surface area contributed by atoms with Crippen LogP contribution in [0.2, 0.25) is 36.3 Å². The second kappa shape index (κ2) is 14.2. The van der Waals surface area contributed by atoms with Gasteiger partial charge in [0.25, 0.3) is 0 Å². The van der Waals surface area contributed by atoms with Gasteiger partial charge in [-0.25, -0.2) is 0 Å². The van der Waals surface area contributed by atoms with E-state index in [9.17, 15) is 9.90 Å². The first-order valence-corrected chi connectivity index (χ1v) is 17.3. The summed E-state index contributed by atoms with van der Waals surface area (Å²) in [6.45, 7) is 14.2. The van der Waals surface area contributed by atoms with Crippen LogP contribution in [0.25, 0.3) is 0 Å². The van der Waals surface area contributed by atoms with Gasteiger partial charge >= 0.3 is 0 Å². The molecule has 1 saturated heterocycles. The van der Waals surface area contributed by atoms with Crippen LogP contribution in [-0.2, 0) is 23.1 Å². The first-order chi connectivity index (χ1) is 15.7. The molecule has 0 spiro atoms. The molecule has 1 aliphatic heterocycles. The number of carbonyl (C=O) groups is 1. The molecule has 3 N–H and O–H groups in total. The second-order valence-corrected chi connectivity index (χ2v) is 18.2. The normalized spacial score (nSPS) is 27.2. The molecule has 1 fully saturated rings. The monoisotopic (exact) mass is 495 g/mol. The van der Waals surface area contributed by atoms with Gasteiger partial charge in [0.15, 0.2) is 16.6 Å². The minimum atomic E-state index is -2.10. The molecule has 190 valence electrons. The molecule has 0 bridgehead atoms. The van der Waals surface area contributed by atoms with Crippen molar-refractivity contribution >= 4 is 22.5 Å². The first kappa shape index (κ1) is 27.9. The van der Waals surface area contributed by atoms with Gasteiger partial charge in [-0.3, -0.25) is 4.79 Å². The van der Waals surface area contributed by atoms with Gasteiger partial charge in [-0.05, 0) is 36.3 Å². The number of hydrogen-bond acceptors (Lipinski definition) is 7. The summed E-state index contributed by atoms with van der Waals surface area (Å²) >= 11 is 0. The fourth-order valence-corrected chi connectivity index (χ4v) is 10.5. The smallest absolute Gasteiger partial charge is 0.217 e. The highest BCUT2D eigenvalue weighted by Gasteiger charge is 2.52. The first-order valence-electron chi connectivity index (χ1n) is 12.7. The van der Waals surface area contributed by atoms with E-state index in [1.54, 1.807) is 0 Å². The number of aliphatic hydroxyl groups excluding tert-OH is 2. The van der Waals surface area contributed by atoms with E-state index >= 15 is 0 Å². The fourth-order valence-electron chi connectivity index (χ4n) is 4.74. The number of rotatable bonds is 16. The maximum absolute atomic E-state index is 12.2. The quantitative estimate of drug-likeness (QED) is 0.172. The van der Waals surface area contributed by atoms with E-state index in [0.29, 0.717) is 0 Å². The molecular weight excluding hydrogens is 446 g/mol. The minimum absolute atomic E-state index is 0.146. The zero-order chi connectivity index (χ0) is 25.1. The van der Waals surface area contributed by atoms with Crippen molar-refractivity contribution in [2.45, 2.75) is 115 Å². The van der Waals surface area contributed by atoms with Crippen molar-refractivity contribution in [1.82, 2.24) is 5.32 Å². The Morgan fingerprint density at radius 3 is 1.84 bits per heavy atom. The summed E-state index contributed by atoms with van der Waals surface area (Å²) in [5.74, 6) is -0.201. The third-order valence-electron chi connectivity index (χ3n) is 7.35. The van der Waals surface area contributed by atoms with E-state index in [4.69, 9.17) is 19.8 Å². The largest absolute Gasteiger partial charge is 0.409 e. The summed E-state index contributed by atoms with van der Waals surface area (Å²) in [5, 5.41) is 17.5. The lowest BCUT2D eigenvalue weighted by molar-refractivity contribution is -0.204. The molecule has 5 atom stereocenters. The fraction of sp³-hybridized carbons (Fsp3) is 0.955. The SMILES string of the molecule is [3H]OCOC[C@H]1O[C@@H](CO)[C@H](NC(C)=O)[C@@H](O[Si](CC)(CC)CC)[C@@H]1O[Si](CC)(CC)CC. The minimum Gasteiger partial charge on any atom is -0.409 e. The summed E-state index contributed by atoms with van der Waals surface area (Å²) < 4.78 is 32.7. The van der Waals surface area contributed by atoms with Gasteiger partial charge in [0.1, 0.15) is 25.1 Å². The van der Waals surface area contributed by atoms with E-state index in [1.807, 2.05) is 0 Å². The zero-order valence-electron chi connectivity index (χ0n) is 22.1. The van der Waals surface area contributed by atoms with Gasteiger partial charge in [-0.15, -0.1) is 0 Å². The summed E-state index contributed by atoms with van der Waals surface area (Å²) in [7, 11) is -4.19. The Balaban J connectivity index is 3.53. The predicted octanol–water partition coefficient (Wildman–Crippen LogP) is 3.00. The number of amides is 1. The average molecular weight is 496 g/mol. The van der Waals surface area contributed by atoms with E-state index in [-0.39, 0.29) is 25.9 Å². The standard InChI is InChI=1S/C22H47NO7Si2/c1-8-31(9-2,10-3)29-21-19(15-27-16-25)28-18(14-24)20(23-17(7)26)22(21)30-32(11-4,12-5)13-6/h18-22,24-25H,8-16H2,1-7H3,(H,23,26)/t18-,19+,20-,21+,22+/m0/s1/i25T. The molecular formula is C22H47NO7Si2. The number of carbonyl (C=O) groups excluding carboxylic acids is 1. The summed E-state index contributed by atoms with van der Waals surface area (Å²) in [5.41, 5.74) is 0. The second-order valence-electron chi connectivity index (χ2n) is 8.76. The summed E-state index contributed by atoms with van der Waals surface area (Å²) in [6, 6.07) is 5.19. The van der Waals surface area contributed by atoms with Crippen molar-refractivity contribution in [3.8, 4) is 0 Å². The third kappa shape index (κ3) is 7.33. The van der Waals surface area contributed by atoms with E-state index in [1.165, 1.54) is 6.92 Å². The number of aliphatic hydroxyl groups is 2. The topological polar surface area (TPSA) is 106 Å². The van der Waals surface area contributed by atoms with Gasteiger partial charge in [-0.1, -0.05) is 41.5 Å². The van der Waals surface area contributed by atoms with Gasteiger partial charge < -0.3 is 33.9 Å². The van der Waals surface area contributed by atoms with Crippen molar-refractivity contribution in [2.24, 2.45) is 0 Å². The lowest BCUT2D eigenvalue weighted by Crippen LogP contribution is -2.69. The molecule has 8 nitrogen and oxygen atoms in total. The van der Waals surface area contributed by atoms with Crippen LogP contribution in [0.4, 0.5) is 0 Å². The third-order valence-corrected chi connectivity index (χ3v) is 16.6. The Kier molecular flexibility index (Phi) is 12.3. The maximum atomic E-state index is 12.2. The number of ether oxygens (including phenoxy) is 2. The number of hydrogen-bond donors (Lipinski definition) is 3. The van der Waals surface area contributed by atoms with Crippen LogP contribution >= 0.6 is 0 Å². The van der Waals surface area contributed by atoms with Crippen LogP contribution < -0.4 is 5.32 Å². The molecule has 0 saturated carbocycles. The van der Waals surface area contributed by atoms with Crippen molar-refractivity contribution in [1.29, 1.82) is 1.43 Å².